The Morgan fingerprint density at radius 3 is 2.73 bits per heavy atom. The van der Waals surface area contributed by atoms with Crippen LogP contribution in [0.1, 0.15) is 13.8 Å². The zero-order valence-electron chi connectivity index (χ0n) is 7.28. The Kier molecular flexibility index (Phi) is 2.66. The highest BCUT2D eigenvalue weighted by atomic mass is 14.9. The molecule has 60 valence electrons. The molecule has 1 aliphatic heterocycles. The van der Waals surface area contributed by atoms with Crippen molar-refractivity contribution >= 4 is 0 Å². The van der Waals surface area contributed by atoms with Crippen molar-refractivity contribution in [1.29, 1.82) is 0 Å². The van der Waals surface area contributed by atoms with Crippen LogP contribution in [0.3, 0.4) is 0 Å². The van der Waals surface area contributed by atoms with Crippen LogP contribution in [0.15, 0.2) is 35.5 Å². The molecular formula is C10H15N. The Morgan fingerprint density at radius 2 is 2.27 bits per heavy atom. The van der Waals surface area contributed by atoms with Crippen molar-refractivity contribution < 1.29 is 0 Å². The van der Waals surface area contributed by atoms with Crippen LogP contribution in [-0.4, -0.2) is 13.1 Å². The first kappa shape index (κ1) is 8.28. The third kappa shape index (κ3) is 2.05. The Hall–Kier alpha value is -0.820. The van der Waals surface area contributed by atoms with Gasteiger partial charge in [-0.25, -0.2) is 0 Å². The van der Waals surface area contributed by atoms with Crippen LogP contribution in [0.5, 0.6) is 0 Å². The minimum atomic E-state index is 0.947. The van der Waals surface area contributed by atoms with Gasteiger partial charge in [0.2, 0.25) is 0 Å². The summed E-state index contributed by atoms with van der Waals surface area (Å²) in [6, 6.07) is 0. The van der Waals surface area contributed by atoms with Gasteiger partial charge < -0.3 is 5.32 Å². The van der Waals surface area contributed by atoms with Crippen LogP contribution in [0.4, 0.5) is 0 Å². The fraction of sp³-hybridized carbons (Fsp3) is 0.400. The molecule has 0 amide bonds. The molecule has 1 aliphatic rings. The van der Waals surface area contributed by atoms with Crippen LogP contribution in [0.2, 0.25) is 0 Å². The average molecular weight is 149 g/mol. The van der Waals surface area contributed by atoms with E-state index in [1.807, 2.05) is 0 Å². The largest absolute Gasteiger partial charge is 0.309 e. The van der Waals surface area contributed by atoms with Crippen LogP contribution >= 0.6 is 0 Å². The van der Waals surface area contributed by atoms with Gasteiger partial charge in [-0.1, -0.05) is 24.3 Å². The molecule has 0 bridgehead atoms. The monoisotopic (exact) mass is 149 g/mol. The summed E-state index contributed by atoms with van der Waals surface area (Å²) in [4.78, 5) is 0. The van der Waals surface area contributed by atoms with E-state index in [9.17, 15) is 0 Å². The lowest BCUT2D eigenvalue weighted by Gasteiger charge is -1.96. The van der Waals surface area contributed by atoms with E-state index < -0.39 is 0 Å². The summed E-state index contributed by atoms with van der Waals surface area (Å²) >= 11 is 0. The molecule has 1 fully saturated rings. The highest BCUT2D eigenvalue weighted by Gasteiger charge is 2.08. The van der Waals surface area contributed by atoms with E-state index in [0.29, 0.717) is 0 Å². The molecule has 1 N–H and O–H groups in total. The molecule has 1 heteroatoms. The first-order valence-electron chi connectivity index (χ1n) is 3.96. The van der Waals surface area contributed by atoms with E-state index in [4.69, 9.17) is 0 Å². The molecule has 11 heavy (non-hydrogen) atoms. The normalized spacial score (nSPS) is 23.3. The summed E-state index contributed by atoms with van der Waals surface area (Å²) in [5.41, 5.74) is 3.89. The van der Waals surface area contributed by atoms with Crippen LogP contribution in [0, 0.1) is 0 Å². The Morgan fingerprint density at radius 1 is 1.55 bits per heavy atom. The summed E-state index contributed by atoms with van der Waals surface area (Å²) in [5, 5.41) is 3.26. The Balaban J connectivity index is 2.73. The second-order valence-electron chi connectivity index (χ2n) is 2.91. The van der Waals surface area contributed by atoms with Crippen molar-refractivity contribution in [2.75, 3.05) is 13.1 Å². The lowest BCUT2D eigenvalue weighted by Crippen LogP contribution is -2.04. The maximum absolute atomic E-state index is 3.96. The van der Waals surface area contributed by atoms with Crippen LogP contribution in [0.25, 0.3) is 0 Å². The average Bonchev–Trinajstić information content (AvgIpc) is 2.37. The van der Waals surface area contributed by atoms with Crippen molar-refractivity contribution in [2.24, 2.45) is 0 Å². The maximum Gasteiger partial charge on any atom is 0.0211 e. The van der Waals surface area contributed by atoms with Crippen molar-refractivity contribution in [2.45, 2.75) is 13.8 Å². The summed E-state index contributed by atoms with van der Waals surface area (Å²) in [5.74, 6) is 0. The Bertz CT molecular complexity index is 221. The molecular weight excluding hydrogens is 134 g/mol. The van der Waals surface area contributed by atoms with Gasteiger partial charge >= 0.3 is 0 Å². The fourth-order valence-electron chi connectivity index (χ4n) is 1.10. The zero-order valence-corrected chi connectivity index (χ0v) is 7.28. The summed E-state index contributed by atoms with van der Waals surface area (Å²) in [7, 11) is 0. The van der Waals surface area contributed by atoms with Gasteiger partial charge in [0.05, 0.1) is 0 Å². The molecule has 0 spiro atoms. The fourth-order valence-corrected chi connectivity index (χ4v) is 1.10. The van der Waals surface area contributed by atoms with Gasteiger partial charge in [0.25, 0.3) is 0 Å². The topological polar surface area (TPSA) is 12.0 Å². The number of hydrogen-bond donors (Lipinski definition) is 1. The van der Waals surface area contributed by atoms with Crippen molar-refractivity contribution in [1.82, 2.24) is 5.32 Å². The smallest absolute Gasteiger partial charge is 0.0211 e. The van der Waals surface area contributed by atoms with E-state index in [1.54, 1.807) is 0 Å². The Labute approximate surface area is 68.5 Å². The molecule has 0 atom stereocenters. The molecule has 0 saturated carbocycles. The molecule has 0 aliphatic carbocycles. The van der Waals surface area contributed by atoms with Crippen molar-refractivity contribution in [3.63, 3.8) is 0 Å². The molecule has 1 rings (SSSR count). The van der Waals surface area contributed by atoms with Crippen LogP contribution in [-0.2, 0) is 0 Å². The minimum Gasteiger partial charge on any atom is -0.309 e. The molecule has 0 unspecified atom stereocenters. The number of allylic oxidation sites excluding steroid dienone is 3. The number of nitrogens with one attached hydrogen (secondary N) is 1. The second-order valence-corrected chi connectivity index (χ2v) is 2.91. The molecule has 0 radical (unpaired) electrons. The standard InChI is InChI=1S/C10H15N/c1-4-8(2)5-10-7-11-6-9(10)3/h4-5,11H,3,6-7H2,1-2H3/b8-4-,10-5-. The highest BCUT2D eigenvalue weighted by Crippen LogP contribution is 2.14. The molecule has 1 nitrogen and oxygen atoms in total. The molecule has 0 aromatic carbocycles. The number of rotatable bonds is 1. The number of hydrogen-bond acceptors (Lipinski definition) is 1. The van der Waals surface area contributed by atoms with Gasteiger partial charge in [0.15, 0.2) is 0 Å². The second kappa shape index (κ2) is 3.54. The predicted octanol–water partition coefficient (Wildman–Crippen LogP) is 2.04. The zero-order chi connectivity index (χ0) is 8.27. The minimum absolute atomic E-state index is 0.947. The van der Waals surface area contributed by atoms with E-state index >= 15 is 0 Å². The lowest BCUT2D eigenvalue weighted by molar-refractivity contribution is 0.895. The van der Waals surface area contributed by atoms with Gasteiger partial charge in [-0.05, 0) is 25.0 Å². The van der Waals surface area contributed by atoms with E-state index in [1.165, 1.54) is 16.7 Å². The maximum atomic E-state index is 3.96. The van der Waals surface area contributed by atoms with Gasteiger partial charge in [-0.15, -0.1) is 0 Å². The third-order valence-electron chi connectivity index (χ3n) is 1.97. The van der Waals surface area contributed by atoms with Gasteiger partial charge in [0, 0.05) is 13.1 Å². The SMILES string of the molecule is C=C1CNC/C1=C/C(C)=C\C. The summed E-state index contributed by atoms with van der Waals surface area (Å²) in [6.45, 7) is 10.1. The first-order valence-corrected chi connectivity index (χ1v) is 3.96. The molecule has 1 saturated heterocycles. The lowest BCUT2D eigenvalue weighted by atomic mass is 10.1. The summed E-state index contributed by atoms with van der Waals surface area (Å²) < 4.78 is 0. The van der Waals surface area contributed by atoms with Gasteiger partial charge in [0.1, 0.15) is 0 Å². The quantitative estimate of drug-likeness (QED) is 0.601. The van der Waals surface area contributed by atoms with Crippen molar-refractivity contribution in [3.8, 4) is 0 Å². The molecule has 1 heterocycles. The van der Waals surface area contributed by atoms with Gasteiger partial charge in [-0.2, -0.15) is 0 Å². The van der Waals surface area contributed by atoms with Crippen LogP contribution < -0.4 is 5.32 Å². The predicted molar refractivity (Wildman–Crippen MR) is 49.5 cm³/mol. The van der Waals surface area contributed by atoms with Crippen molar-refractivity contribution in [3.05, 3.63) is 35.5 Å². The summed E-state index contributed by atoms with van der Waals surface area (Å²) in [6.07, 6.45) is 4.31. The highest BCUT2D eigenvalue weighted by molar-refractivity contribution is 5.39. The van der Waals surface area contributed by atoms with E-state index in [0.717, 1.165) is 13.1 Å². The first-order chi connectivity index (χ1) is 5.24. The third-order valence-corrected chi connectivity index (χ3v) is 1.97. The molecule has 0 aromatic rings. The molecule has 0 aromatic heterocycles. The van der Waals surface area contributed by atoms with E-state index in [2.05, 4.69) is 37.9 Å². The van der Waals surface area contributed by atoms with Gasteiger partial charge in [-0.3, -0.25) is 0 Å². The van der Waals surface area contributed by atoms with E-state index in [-0.39, 0.29) is 0 Å².